The van der Waals surface area contributed by atoms with Gasteiger partial charge in [-0.05, 0) is 55.5 Å². The van der Waals surface area contributed by atoms with Crippen LogP contribution in [-0.2, 0) is 0 Å². The predicted octanol–water partition coefficient (Wildman–Crippen LogP) is 3.99. The Balaban J connectivity index is 1.48. The van der Waals surface area contributed by atoms with E-state index in [1.807, 2.05) is 26.2 Å². The second kappa shape index (κ2) is 7.95. The lowest BCUT2D eigenvalue weighted by atomic mass is 10.1. The van der Waals surface area contributed by atoms with Crippen LogP contribution in [0.25, 0.3) is 11.0 Å². The maximum atomic E-state index is 4.68. The SMILES string of the molecule is C=C(/C=C(\NC)C1CC1)Nc1ccnc(N(C)C(C)c2ccc3nc[nH]c3c2)n1. The van der Waals surface area contributed by atoms with Crippen LogP contribution in [0.15, 0.2) is 60.8 Å². The molecule has 3 N–H and O–H groups in total. The molecule has 0 bridgehead atoms. The number of nitrogens with one attached hydrogen (secondary N) is 3. The molecule has 1 aromatic carbocycles. The van der Waals surface area contributed by atoms with Crippen LogP contribution >= 0.6 is 0 Å². The van der Waals surface area contributed by atoms with Gasteiger partial charge in [-0.15, -0.1) is 0 Å². The number of fused-ring (bicyclic) bond motifs is 1. The smallest absolute Gasteiger partial charge is 0.227 e. The molecule has 1 saturated carbocycles. The van der Waals surface area contributed by atoms with Gasteiger partial charge in [-0.25, -0.2) is 9.97 Å². The van der Waals surface area contributed by atoms with Crippen molar-refractivity contribution >= 4 is 22.8 Å². The first-order valence-corrected chi connectivity index (χ1v) is 9.89. The first-order chi connectivity index (χ1) is 14.0. The van der Waals surface area contributed by atoms with Crippen molar-refractivity contribution in [2.24, 2.45) is 5.92 Å². The van der Waals surface area contributed by atoms with E-state index in [0.29, 0.717) is 11.9 Å². The first kappa shape index (κ1) is 19.0. The Hall–Kier alpha value is -3.35. The number of nitrogens with zero attached hydrogens (tertiary/aromatic N) is 4. The minimum Gasteiger partial charge on any atom is -0.391 e. The molecule has 1 aliphatic rings. The summed E-state index contributed by atoms with van der Waals surface area (Å²) in [5.41, 5.74) is 5.19. The van der Waals surface area contributed by atoms with Gasteiger partial charge >= 0.3 is 0 Å². The zero-order valence-corrected chi connectivity index (χ0v) is 17.1. The number of aromatic nitrogens is 4. The van der Waals surface area contributed by atoms with Gasteiger partial charge in [0.1, 0.15) is 5.82 Å². The third-order valence-electron chi connectivity index (χ3n) is 5.39. The fourth-order valence-electron chi connectivity index (χ4n) is 3.37. The molecule has 1 unspecified atom stereocenters. The lowest BCUT2D eigenvalue weighted by Crippen LogP contribution is -2.24. The van der Waals surface area contributed by atoms with Crippen LogP contribution in [-0.4, -0.2) is 34.0 Å². The highest BCUT2D eigenvalue weighted by Gasteiger charge is 2.25. The zero-order valence-electron chi connectivity index (χ0n) is 17.1. The van der Waals surface area contributed by atoms with Crippen molar-refractivity contribution in [3.63, 3.8) is 0 Å². The van der Waals surface area contributed by atoms with Crippen molar-refractivity contribution in [3.05, 3.63) is 66.4 Å². The van der Waals surface area contributed by atoms with Crippen molar-refractivity contribution in [2.75, 3.05) is 24.3 Å². The summed E-state index contributed by atoms with van der Waals surface area (Å²) in [4.78, 5) is 18.6. The van der Waals surface area contributed by atoms with E-state index in [1.165, 1.54) is 24.1 Å². The number of H-pyrrole nitrogens is 1. The molecule has 150 valence electrons. The highest BCUT2D eigenvalue weighted by molar-refractivity contribution is 5.75. The van der Waals surface area contributed by atoms with Gasteiger partial charge in [0.2, 0.25) is 5.95 Å². The van der Waals surface area contributed by atoms with Crippen LogP contribution in [0.4, 0.5) is 11.8 Å². The molecule has 1 atom stereocenters. The number of anilines is 2. The Morgan fingerprint density at radius 3 is 2.90 bits per heavy atom. The van der Waals surface area contributed by atoms with Crippen molar-refractivity contribution in [3.8, 4) is 0 Å². The van der Waals surface area contributed by atoms with Crippen LogP contribution in [0, 0.1) is 5.92 Å². The molecular formula is C22H27N7. The Labute approximate surface area is 171 Å². The fraction of sp³-hybridized carbons (Fsp3) is 0.318. The molecular weight excluding hydrogens is 362 g/mol. The minimum atomic E-state index is 0.104. The van der Waals surface area contributed by atoms with Crippen molar-refractivity contribution in [1.29, 1.82) is 0 Å². The number of aromatic amines is 1. The van der Waals surface area contributed by atoms with Crippen LogP contribution in [0.3, 0.4) is 0 Å². The molecule has 3 aromatic rings. The van der Waals surface area contributed by atoms with Crippen LogP contribution in [0.2, 0.25) is 0 Å². The van der Waals surface area contributed by atoms with E-state index in [1.54, 1.807) is 12.5 Å². The van der Waals surface area contributed by atoms with Crippen molar-refractivity contribution < 1.29 is 0 Å². The molecule has 7 heteroatoms. The molecule has 4 rings (SSSR count). The molecule has 0 radical (unpaired) electrons. The first-order valence-electron chi connectivity index (χ1n) is 9.89. The minimum absolute atomic E-state index is 0.104. The Morgan fingerprint density at radius 1 is 1.31 bits per heavy atom. The summed E-state index contributed by atoms with van der Waals surface area (Å²) in [6.45, 7) is 6.25. The molecule has 0 amide bonds. The molecule has 2 aromatic heterocycles. The number of hydrogen-bond acceptors (Lipinski definition) is 6. The summed E-state index contributed by atoms with van der Waals surface area (Å²) in [5, 5.41) is 6.55. The lowest BCUT2D eigenvalue weighted by molar-refractivity contribution is 0.716. The zero-order chi connectivity index (χ0) is 20.4. The molecule has 2 heterocycles. The van der Waals surface area contributed by atoms with Gasteiger partial charge in [0.15, 0.2) is 0 Å². The molecule has 1 fully saturated rings. The van der Waals surface area contributed by atoms with Crippen molar-refractivity contribution in [1.82, 2.24) is 25.3 Å². The largest absolute Gasteiger partial charge is 0.391 e. The highest BCUT2D eigenvalue weighted by Crippen LogP contribution is 2.35. The maximum Gasteiger partial charge on any atom is 0.227 e. The molecule has 1 aliphatic carbocycles. The average molecular weight is 390 g/mol. The predicted molar refractivity (Wildman–Crippen MR) is 118 cm³/mol. The van der Waals surface area contributed by atoms with Gasteiger partial charge < -0.3 is 20.5 Å². The summed E-state index contributed by atoms with van der Waals surface area (Å²) in [6, 6.07) is 8.20. The molecule has 0 saturated heterocycles. The van der Waals surface area contributed by atoms with E-state index in [0.717, 1.165) is 22.5 Å². The van der Waals surface area contributed by atoms with Gasteiger partial charge in [0.25, 0.3) is 0 Å². The quantitative estimate of drug-likeness (QED) is 0.506. The average Bonchev–Trinajstić information content (AvgIpc) is 3.47. The number of allylic oxidation sites excluding steroid dienone is 2. The fourth-order valence-corrected chi connectivity index (χ4v) is 3.37. The third kappa shape index (κ3) is 4.23. The number of benzene rings is 1. The monoisotopic (exact) mass is 389 g/mol. The topological polar surface area (TPSA) is 81.8 Å². The van der Waals surface area contributed by atoms with Gasteiger partial charge in [0, 0.05) is 31.7 Å². The van der Waals surface area contributed by atoms with Crippen molar-refractivity contribution in [2.45, 2.75) is 25.8 Å². The van der Waals surface area contributed by atoms with E-state index in [9.17, 15) is 0 Å². The Morgan fingerprint density at radius 2 is 2.14 bits per heavy atom. The summed E-state index contributed by atoms with van der Waals surface area (Å²) in [6.07, 6.45) is 8.02. The van der Waals surface area contributed by atoms with Gasteiger partial charge in [0.05, 0.1) is 23.4 Å². The molecule has 7 nitrogen and oxygen atoms in total. The van der Waals surface area contributed by atoms with Gasteiger partial charge in [-0.2, -0.15) is 4.98 Å². The lowest BCUT2D eigenvalue weighted by Gasteiger charge is -2.25. The number of imidazole rings is 1. The Bertz CT molecular complexity index is 1050. The van der Waals surface area contributed by atoms with Gasteiger partial charge in [-0.3, -0.25) is 0 Å². The highest BCUT2D eigenvalue weighted by atomic mass is 15.3. The van der Waals surface area contributed by atoms with Crippen LogP contribution in [0.1, 0.15) is 31.4 Å². The number of hydrogen-bond donors (Lipinski definition) is 3. The summed E-state index contributed by atoms with van der Waals surface area (Å²) >= 11 is 0. The Kier molecular flexibility index (Phi) is 5.20. The second-order valence-electron chi connectivity index (χ2n) is 7.48. The normalized spacial score (nSPS) is 15.2. The van der Waals surface area contributed by atoms with Crippen LogP contribution < -0.4 is 15.5 Å². The second-order valence-corrected chi connectivity index (χ2v) is 7.48. The van der Waals surface area contributed by atoms with E-state index in [4.69, 9.17) is 0 Å². The van der Waals surface area contributed by atoms with E-state index < -0.39 is 0 Å². The maximum absolute atomic E-state index is 4.68. The molecule has 0 aliphatic heterocycles. The third-order valence-corrected chi connectivity index (χ3v) is 5.39. The van der Waals surface area contributed by atoms with E-state index in [-0.39, 0.29) is 6.04 Å². The summed E-state index contributed by atoms with van der Waals surface area (Å²) in [5.74, 6) is 2.02. The molecule has 29 heavy (non-hydrogen) atoms. The standard InChI is InChI=1S/C22H27N7/c1-14(11-19(23-3)16-5-6-16)27-21-9-10-24-22(28-21)29(4)15(2)17-7-8-18-20(12-17)26-13-25-18/h7-13,15-16,23H,1,5-6H2,2-4H3,(H,25,26)(H,24,27,28)/b19-11-. The number of rotatable bonds is 8. The van der Waals surface area contributed by atoms with E-state index in [2.05, 4.69) is 67.2 Å². The summed E-state index contributed by atoms with van der Waals surface area (Å²) in [7, 11) is 3.96. The summed E-state index contributed by atoms with van der Waals surface area (Å²) < 4.78 is 0. The van der Waals surface area contributed by atoms with Crippen LogP contribution in [0.5, 0.6) is 0 Å². The van der Waals surface area contributed by atoms with Gasteiger partial charge in [-0.1, -0.05) is 12.6 Å². The van der Waals surface area contributed by atoms with E-state index >= 15 is 0 Å². The molecule has 0 spiro atoms.